The van der Waals surface area contributed by atoms with E-state index in [0.717, 1.165) is 5.56 Å². The number of aromatic hydroxyl groups is 1. The van der Waals surface area contributed by atoms with E-state index in [1.807, 2.05) is 13.0 Å². The topological polar surface area (TPSA) is 38.7 Å². The molecule has 22 heavy (non-hydrogen) atoms. The summed E-state index contributed by atoms with van der Waals surface area (Å²) in [6, 6.07) is 7.81. The fourth-order valence-electron chi connectivity index (χ4n) is 2.61. The second-order valence-electron chi connectivity index (χ2n) is 5.86. The SMILES string of the molecule is Cc1ccc(C2OC(C)(C)Oc3cc(O)cc(Cl)c32)c(F)c1. The Bertz CT molecular complexity index is 743. The molecule has 0 aliphatic carbocycles. The van der Waals surface area contributed by atoms with Crippen molar-refractivity contribution in [2.24, 2.45) is 0 Å². The molecule has 1 N–H and O–H groups in total. The number of hydrogen-bond acceptors (Lipinski definition) is 3. The molecule has 3 rings (SSSR count). The molecule has 1 aliphatic rings. The van der Waals surface area contributed by atoms with Gasteiger partial charge in [-0.2, -0.15) is 0 Å². The molecule has 0 aromatic heterocycles. The van der Waals surface area contributed by atoms with E-state index in [1.54, 1.807) is 19.9 Å². The molecule has 0 amide bonds. The van der Waals surface area contributed by atoms with Gasteiger partial charge in [0, 0.05) is 31.0 Å². The average molecular weight is 323 g/mol. The van der Waals surface area contributed by atoms with Crippen LogP contribution in [0, 0.1) is 12.7 Å². The molecule has 116 valence electrons. The largest absolute Gasteiger partial charge is 0.508 e. The molecule has 1 aliphatic heterocycles. The monoisotopic (exact) mass is 322 g/mol. The Hall–Kier alpha value is -1.78. The molecule has 5 heteroatoms. The first-order valence-electron chi connectivity index (χ1n) is 6.92. The van der Waals surface area contributed by atoms with Gasteiger partial charge in [-0.15, -0.1) is 0 Å². The summed E-state index contributed by atoms with van der Waals surface area (Å²) in [6.07, 6.45) is -0.701. The van der Waals surface area contributed by atoms with Gasteiger partial charge in [0.25, 0.3) is 0 Å². The third kappa shape index (κ3) is 2.64. The van der Waals surface area contributed by atoms with E-state index in [-0.39, 0.29) is 16.6 Å². The lowest BCUT2D eigenvalue weighted by Gasteiger charge is -2.38. The van der Waals surface area contributed by atoms with Crippen molar-refractivity contribution in [3.05, 3.63) is 57.9 Å². The van der Waals surface area contributed by atoms with Gasteiger partial charge in [-0.1, -0.05) is 23.7 Å². The highest BCUT2D eigenvalue weighted by molar-refractivity contribution is 6.31. The zero-order valence-electron chi connectivity index (χ0n) is 12.5. The van der Waals surface area contributed by atoms with Crippen LogP contribution in [-0.2, 0) is 4.74 Å². The summed E-state index contributed by atoms with van der Waals surface area (Å²) in [4.78, 5) is 0. The van der Waals surface area contributed by atoms with Crippen LogP contribution in [0.4, 0.5) is 4.39 Å². The van der Waals surface area contributed by atoms with Crippen LogP contribution in [0.3, 0.4) is 0 Å². The second kappa shape index (κ2) is 5.14. The van der Waals surface area contributed by atoms with Crippen LogP contribution in [0.25, 0.3) is 0 Å². The molecule has 0 fully saturated rings. The Kier molecular flexibility index (Phi) is 3.54. The zero-order chi connectivity index (χ0) is 16.1. The number of phenols is 1. The Morgan fingerprint density at radius 1 is 1.23 bits per heavy atom. The summed E-state index contributed by atoms with van der Waals surface area (Å²) in [5, 5.41) is 9.98. The molecule has 1 unspecified atom stereocenters. The summed E-state index contributed by atoms with van der Waals surface area (Å²) < 4.78 is 26.0. The fraction of sp³-hybridized carbons (Fsp3) is 0.294. The Labute approximate surface area is 133 Å². The average Bonchev–Trinajstić information content (AvgIpc) is 2.35. The van der Waals surface area contributed by atoms with Gasteiger partial charge in [0.15, 0.2) is 0 Å². The van der Waals surface area contributed by atoms with Gasteiger partial charge in [-0.3, -0.25) is 0 Å². The summed E-state index contributed by atoms with van der Waals surface area (Å²) in [5.74, 6) is -0.944. The number of phenolic OH excluding ortho intramolecular Hbond substituents is 1. The number of benzene rings is 2. The normalized spacial score (nSPS) is 19.4. The maximum atomic E-state index is 14.4. The molecule has 3 nitrogen and oxygen atoms in total. The first-order valence-corrected chi connectivity index (χ1v) is 7.30. The van der Waals surface area contributed by atoms with E-state index >= 15 is 0 Å². The highest BCUT2D eigenvalue weighted by Gasteiger charge is 2.38. The summed E-state index contributed by atoms with van der Waals surface area (Å²) in [6.45, 7) is 5.28. The third-order valence-electron chi connectivity index (χ3n) is 3.53. The predicted molar refractivity (Wildman–Crippen MR) is 81.9 cm³/mol. The number of rotatable bonds is 1. The van der Waals surface area contributed by atoms with E-state index in [4.69, 9.17) is 21.1 Å². The van der Waals surface area contributed by atoms with Crippen LogP contribution in [0.1, 0.15) is 36.6 Å². The van der Waals surface area contributed by atoms with Crippen LogP contribution in [0.15, 0.2) is 30.3 Å². The molecule has 0 saturated heterocycles. The quantitative estimate of drug-likeness (QED) is 0.825. The van der Waals surface area contributed by atoms with Crippen LogP contribution in [0.5, 0.6) is 11.5 Å². The summed E-state index contributed by atoms with van der Waals surface area (Å²) in [7, 11) is 0. The maximum absolute atomic E-state index is 14.4. The molecular formula is C17H16ClFO3. The standard InChI is InChI=1S/C17H16ClFO3/c1-9-4-5-11(13(19)6-9)16-15-12(18)7-10(20)8-14(15)21-17(2,3)22-16/h4-8,16,20H,1-3H3. The number of halogens is 2. The smallest absolute Gasteiger partial charge is 0.205 e. The van der Waals surface area contributed by atoms with E-state index in [9.17, 15) is 9.50 Å². The Morgan fingerprint density at radius 2 is 1.95 bits per heavy atom. The van der Waals surface area contributed by atoms with Gasteiger partial charge < -0.3 is 14.6 Å². The lowest BCUT2D eigenvalue weighted by molar-refractivity contribution is -0.196. The van der Waals surface area contributed by atoms with Gasteiger partial charge in [-0.25, -0.2) is 4.39 Å². The number of hydrogen-bond donors (Lipinski definition) is 1. The van der Waals surface area contributed by atoms with Crippen molar-refractivity contribution in [2.75, 3.05) is 0 Å². The molecule has 0 spiro atoms. The zero-order valence-corrected chi connectivity index (χ0v) is 13.2. The second-order valence-corrected chi connectivity index (χ2v) is 6.27. The summed E-state index contributed by atoms with van der Waals surface area (Å²) in [5.41, 5.74) is 1.72. The maximum Gasteiger partial charge on any atom is 0.205 e. The lowest BCUT2D eigenvalue weighted by atomic mass is 9.97. The van der Waals surface area contributed by atoms with Gasteiger partial charge in [-0.05, 0) is 24.6 Å². The van der Waals surface area contributed by atoms with E-state index in [1.165, 1.54) is 18.2 Å². The van der Waals surface area contributed by atoms with Crippen molar-refractivity contribution in [3.63, 3.8) is 0 Å². The van der Waals surface area contributed by atoms with Crippen LogP contribution < -0.4 is 4.74 Å². The summed E-state index contributed by atoms with van der Waals surface area (Å²) >= 11 is 6.23. The fourth-order valence-corrected chi connectivity index (χ4v) is 2.92. The van der Waals surface area contributed by atoms with Gasteiger partial charge in [0.05, 0.1) is 5.02 Å². The van der Waals surface area contributed by atoms with Crippen LogP contribution >= 0.6 is 11.6 Å². The molecule has 0 radical (unpaired) electrons. The number of fused-ring (bicyclic) bond motifs is 1. The predicted octanol–water partition coefficient (Wildman–Crippen LogP) is 4.73. The Morgan fingerprint density at radius 3 is 2.64 bits per heavy atom. The number of aryl methyl sites for hydroxylation is 1. The van der Waals surface area contributed by atoms with Crippen molar-refractivity contribution in [3.8, 4) is 11.5 Å². The van der Waals surface area contributed by atoms with Gasteiger partial charge in [0.1, 0.15) is 23.4 Å². The molecule has 2 aromatic carbocycles. The highest BCUT2D eigenvalue weighted by atomic mass is 35.5. The molecular weight excluding hydrogens is 307 g/mol. The van der Waals surface area contributed by atoms with Crippen molar-refractivity contribution >= 4 is 11.6 Å². The first kappa shape index (κ1) is 15.1. The minimum atomic E-state index is -0.966. The number of ether oxygens (including phenoxy) is 2. The molecule has 1 atom stereocenters. The van der Waals surface area contributed by atoms with Gasteiger partial charge >= 0.3 is 0 Å². The minimum absolute atomic E-state index is 0.00965. The van der Waals surface area contributed by atoms with Gasteiger partial charge in [0.2, 0.25) is 5.79 Å². The molecule has 0 bridgehead atoms. The lowest BCUT2D eigenvalue weighted by Crippen LogP contribution is -2.38. The molecule has 2 aromatic rings. The minimum Gasteiger partial charge on any atom is -0.508 e. The van der Waals surface area contributed by atoms with Crippen molar-refractivity contribution in [1.82, 2.24) is 0 Å². The first-order chi connectivity index (χ1) is 10.3. The van der Waals surface area contributed by atoms with Crippen molar-refractivity contribution < 1.29 is 19.0 Å². The Balaban J connectivity index is 2.20. The van der Waals surface area contributed by atoms with Crippen molar-refractivity contribution in [1.29, 1.82) is 0 Å². The van der Waals surface area contributed by atoms with Crippen LogP contribution in [-0.4, -0.2) is 10.9 Å². The van der Waals surface area contributed by atoms with E-state index < -0.39 is 11.9 Å². The van der Waals surface area contributed by atoms with Crippen molar-refractivity contribution in [2.45, 2.75) is 32.7 Å². The molecule has 0 saturated carbocycles. The van der Waals surface area contributed by atoms with E-state index in [0.29, 0.717) is 16.9 Å². The third-order valence-corrected chi connectivity index (χ3v) is 3.85. The highest BCUT2D eigenvalue weighted by Crippen LogP contribution is 2.47. The van der Waals surface area contributed by atoms with E-state index in [2.05, 4.69) is 0 Å². The molecule has 1 heterocycles. The van der Waals surface area contributed by atoms with Crippen LogP contribution in [0.2, 0.25) is 5.02 Å².